The molecule has 0 unspecified atom stereocenters. The van der Waals surface area contributed by atoms with Crippen LogP contribution >= 0.6 is 27.3 Å². The average molecular weight is 311 g/mol. The van der Waals surface area contributed by atoms with E-state index in [1.54, 1.807) is 11.3 Å². The minimum Gasteiger partial charge on any atom is -0.315 e. The summed E-state index contributed by atoms with van der Waals surface area (Å²) in [6.07, 6.45) is 0.899. The summed E-state index contributed by atoms with van der Waals surface area (Å²) in [6, 6.07) is 8.31. The molecule has 0 atom stereocenters. The minimum atomic E-state index is 0.899. The number of halogens is 1. The van der Waals surface area contributed by atoms with Gasteiger partial charge in [0, 0.05) is 22.3 Å². The molecule has 0 bridgehead atoms. The molecule has 0 saturated heterocycles. The molecular weight excluding hydrogens is 296 g/mol. The Morgan fingerprint density at radius 3 is 2.82 bits per heavy atom. The lowest BCUT2D eigenvalue weighted by molar-refractivity contribution is 0.822. The largest absolute Gasteiger partial charge is 0.315 e. The Morgan fingerprint density at radius 1 is 1.35 bits per heavy atom. The van der Waals surface area contributed by atoms with Gasteiger partial charge in [-0.05, 0) is 25.6 Å². The number of hydrogen-bond acceptors (Lipinski definition) is 3. The van der Waals surface area contributed by atoms with E-state index in [-0.39, 0.29) is 0 Å². The summed E-state index contributed by atoms with van der Waals surface area (Å²) in [5.74, 6) is 0. The molecule has 17 heavy (non-hydrogen) atoms. The molecular formula is C13H15BrN2S. The van der Waals surface area contributed by atoms with Crippen LogP contribution in [0.15, 0.2) is 28.7 Å². The van der Waals surface area contributed by atoms with Gasteiger partial charge in [0.15, 0.2) is 0 Å². The van der Waals surface area contributed by atoms with E-state index in [4.69, 9.17) is 0 Å². The van der Waals surface area contributed by atoms with Crippen molar-refractivity contribution in [2.24, 2.45) is 0 Å². The predicted molar refractivity (Wildman–Crippen MR) is 76.6 cm³/mol. The Morgan fingerprint density at radius 2 is 2.12 bits per heavy atom. The maximum absolute atomic E-state index is 4.62. The van der Waals surface area contributed by atoms with Gasteiger partial charge >= 0.3 is 0 Å². The Hall–Kier alpha value is -0.710. The van der Waals surface area contributed by atoms with Crippen LogP contribution in [-0.4, -0.2) is 12.0 Å². The van der Waals surface area contributed by atoms with Crippen molar-refractivity contribution in [3.63, 3.8) is 0 Å². The first kappa shape index (κ1) is 12.7. The topological polar surface area (TPSA) is 24.9 Å². The van der Waals surface area contributed by atoms with Crippen LogP contribution in [0.25, 0.3) is 0 Å². The van der Waals surface area contributed by atoms with Crippen LogP contribution in [-0.2, 0) is 13.0 Å². The van der Waals surface area contributed by atoms with Gasteiger partial charge < -0.3 is 5.32 Å². The zero-order chi connectivity index (χ0) is 12.3. The molecule has 2 rings (SSSR count). The SMILES string of the molecule is CNCc1sc(Cc2ccccc2Br)nc1C. The van der Waals surface area contributed by atoms with Crippen molar-refractivity contribution in [3.05, 3.63) is 49.9 Å². The standard InChI is InChI=1S/C13H15BrN2S/c1-9-12(8-15-2)17-13(16-9)7-10-5-3-4-6-11(10)14/h3-6,15H,7-8H2,1-2H3. The van der Waals surface area contributed by atoms with Crippen molar-refractivity contribution < 1.29 is 0 Å². The molecule has 0 amide bonds. The van der Waals surface area contributed by atoms with Gasteiger partial charge in [-0.3, -0.25) is 0 Å². The molecule has 2 aromatic rings. The first-order chi connectivity index (χ1) is 8.20. The molecule has 0 aliphatic rings. The molecule has 2 nitrogen and oxygen atoms in total. The highest BCUT2D eigenvalue weighted by atomic mass is 79.9. The van der Waals surface area contributed by atoms with E-state index in [9.17, 15) is 0 Å². The van der Waals surface area contributed by atoms with Gasteiger partial charge in [0.2, 0.25) is 0 Å². The van der Waals surface area contributed by atoms with E-state index >= 15 is 0 Å². The molecule has 0 fully saturated rings. The van der Waals surface area contributed by atoms with Crippen LogP contribution in [0.5, 0.6) is 0 Å². The van der Waals surface area contributed by atoms with Gasteiger partial charge in [0.1, 0.15) is 0 Å². The van der Waals surface area contributed by atoms with Crippen LogP contribution in [0.3, 0.4) is 0 Å². The minimum absolute atomic E-state index is 0.899. The molecule has 0 aliphatic heterocycles. The highest BCUT2D eigenvalue weighted by molar-refractivity contribution is 9.10. The Bertz CT molecular complexity index is 508. The monoisotopic (exact) mass is 310 g/mol. The first-order valence-corrected chi connectivity index (χ1v) is 7.15. The summed E-state index contributed by atoms with van der Waals surface area (Å²) in [7, 11) is 1.96. The molecule has 90 valence electrons. The lowest BCUT2D eigenvalue weighted by atomic mass is 10.2. The summed E-state index contributed by atoms with van der Waals surface area (Å²) in [5.41, 5.74) is 2.43. The maximum Gasteiger partial charge on any atom is 0.0975 e. The fourth-order valence-corrected chi connectivity index (χ4v) is 3.22. The number of aromatic nitrogens is 1. The van der Waals surface area contributed by atoms with Crippen molar-refractivity contribution >= 4 is 27.3 Å². The molecule has 0 radical (unpaired) electrons. The number of benzene rings is 1. The number of hydrogen-bond donors (Lipinski definition) is 1. The predicted octanol–water partition coefficient (Wildman–Crippen LogP) is 3.52. The quantitative estimate of drug-likeness (QED) is 0.934. The zero-order valence-electron chi connectivity index (χ0n) is 9.96. The molecule has 4 heteroatoms. The third kappa shape index (κ3) is 3.15. The summed E-state index contributed by atoms with van der Waals surface area (Å²) in [6.45, 7) is 2.98. The molecule has 1 N–H and O–H groups in total. The maximum atomic E-state index is 4.62. The second kappa shape index (κ2) is 5.76. The van der Waals surface area contributed by atoms with Gasteiger partial charge in [-0.2, -0.15) is 0 Å². The number of aryl methyl sites for hydroxylation is 1. The Kier molecular flexibility index (Phi) is 4.31. The van der Waals surface area contributed by atoms with Crippen LogP contribution in [0, 0.1) is 6.92 Å². The summed E-state index contributed by atoms with van der Waals surface area (Å²) >= 11 is 5.37. The Labute approximate surface area is 114 Å². The van der Waals surface area contributed by atoms with Gasteiger partial charge in [0.05, 0.1) is 10.7 Å². The number of rotatable bonds is 4. The number of nitrogens with zero attached hydrogens (tertiary/aromatic N) is 1. The van der Waals surface area contributed by atoms with Crippen molar-refractivity contribution in [1.82, 2.24) is 10.3 Å². The van der Waals surface area contributed by atoms with Crippen LogP contribution < -0.4 is 5.32 Å². The van der Waals surface area contributed by atoms with E-state index in [0.717, 1.165) is 23.1 Å². The lowest BCUT2D eigenvalue weighted by Gasteiger charge is -2.00. The molecule has 0 saturated carbocycles. The van der Waals surface area contributed by atoms with Crippen molar-refractivity contribution in [2.75, 3.05) is 7.05 Å². The van der Waals surface area contributed by atoms with E-state index in [1.807, 2.05) is 13.1 Å². The summed E-state index contributed by atoms with van der Waals surface area (Å²) < 4.78 is 1.16. The molecule has 1 aromatic carbocycles. The summed E-state index contributed by atoms with van der Waals surface area (Å²) in [4.78, 5) is 5.95. The smallest absolute Gasteiger partial charge is 0.0975 e. The second-order valence-corrected chi connectivity index (χ2v) is 5.94. The normalized spacial score (nSPS) is 10.8. The third-order valence-corrected chi connectivity index (χ3v) is 4.50. The number of nitrogens with one attached hydrogen (secondary N) is 1. The molecule has 0 spiro atoms. The van der Waals surface area contributed by atoms with Gasteiger partial charge in [-0.15, -0.1) is 11.3 Å². The number of thiazole rings is 1. The van der Waals surface area contributed by atoms with E-state index in [2.05, 4.69) is 51.4 Å². The fourth-order valence-electron chi connectivity index (χ4n) is 1.69. The highest BCUT2D eigenvalue weighted by Gasteiger charge is 2.08. The zero-order valence-corrected chi connectivity index (χ0v) is 12.4. The van der Waals surface area contributed by atoms with E-state index < -0.39 is 0 Å². The average Bonchev–Trinajstić information content (AvgIpc) is 2.63. The van der Waals surface area contributed by atoms with Crippen molar-refractivity contribution in [3.8, 4) is 0 Å². The molecule has 1 heterocycles. The van der Waals surface area contributed by atoms with Crippen molar-refractivity contribution in [1.29, 1.82) is 0 Å². The summed E-state index contributed by atoms with van der Waals surface area (Å²) in [5, 5.41) is 4.35. The third-order valence-electron chi connectivity index (χ3n) is 2.57. The van der Waals surface area contributed by atoms with E-state index in [1.165, 1.54) is 15.4 Å². The first-order valence-electron chi connectivity index (χ1n) is 5.54. The van der Waals surface area contributed by atoms with Gasteiger partial charge in [-0.1, -0.05) is 34.1 Å². The van der Waals surface area contributed by atoms with Gasteiger partial charge in [0.25, 0.3) is 0 Å². The van der Waals surface area contributed by atoms with E-state index in [0.29, 0.717) is 0 Å². The lowest BCUT2D eigenvalue weighted by Crippen LogP contribution is -2.04. The second-order valence-electron chi connectivity index (χ2n) is 3.91. The van der Waals surface area contributed by atoms with Crippen LogP contribution in [0.4, 0.5) is 0 Å². The molecule has 0 aliphatic carbocycles. The van der Waals surface area contributed by atoms with Gasteiger partial charge in [-0.25, -0.2) is 4.98 Å². The molecule has 1 aromatic heterocycles. The van der Waals surface area contributed by atoms with Crippen LogP contribution in [0.1, 0.15) is 21.1 Å². The fraction of sp³-hybridized carbons (Fsp3) is 0.308. The highest BCUT2D eigenvalue weighted by Crippen LogP contribution is 2.24. The van der Waals surface area contributed by atoms with Crippen LogP contribution in [0.2, 0.25) is 0 Å². The Balaban J connectivity index is 2.19. The van der Waals surface area contributed by atoms with Crippen molar-refractivity contribution in [2.45, 2.75) is 19.9 Å².